The molecular formula is C15H34N2O2Si2. The normalized spacial score (nSPS) is 17.6. The summed E-state index contributed by atoms with van der Waals surface area (Å²) >= 11 is 0. The maximum Gasteiger partial charge on any atom is 0.309 e. The molecule has 1 fully saturated rings. The topological polar surface area (TPSA) is 41.6 Å². The van der Waals surface area contributed by atoms with Crippen LogP contribution in [0.4, 0.5) is 4.79 Å². The summed E-state index contributed by atoms with van der Waals surface area (Å²) in [6, 6.07) is 0.503. The summed E-state index contributed by atoms with van der Waals surface area (Å²) < 4.78 is 7.99. The molecule has 0 aliphatic heterocycles. The molecule has 1 rings (SSSR count). The molecule has 0 saturated heterocycles. The zero-order valence-electron chi connectivity index (χ0n) is 14.8. The van der Waals surface area contributed by atoms with Crippen LogP contribution in [-0.4, -0.2) is 46.3 Å². The Labute approximate surface area is 132 Å². The van der Waals surface area contributed by atoms with E-state index in [-0.39, 0.29) is 6.03 Å². The van der Waals surface area contributed by atoms with E-state index in [0.29, 0.717) is 12.6 Å². The quantitative estimate of drug-likeness (QED) is 0.747. The van der Waals surface area contributed by atoms with Crippen LogP contribution >= 0.6 is 0 Å². The van der Waals surface area contributed by atoms with E-state index in [1.807, 2.05) is 0 Å². The molecule has 2 amide bonds. The van der Waals surface area contributed by atoms with E-state index in [1.165, 1.54) is 19.3 Å². The van der Waals surface area contributed by atoms with Crippen LogP contribution in [0.3, 0.4) is 0 Å². The van der Waals surface area contributed by atoms with Crippen molar-refractivity contribution in [2.24, 2.45) is 0 Å². The molecule has 0 aromatic heterocycles. The molecule has 0 spiro atoms. The highest BCUT2D eigenvalue weighted by molar-refractivity contribution is 6.75. The number of hydrogen-bond acceptors (Lipinski definition) is 2. The first-order valence-corrected chi connectivity index (χ1v) is 15.2. The Kier molecular flexibility index (Phi) is 6.94. The van der Waals surface area contributed by atoms with Crippen LogP contribution in [0, 0.1) is 0 Å². The Morgan fingerprint density at radius 3 is 2.14 bits per heavy atom. The third-order valence-electron chi connectivity index (χ3n) is 3.84. The van der Waals surface area contributed by atoms with Gasteiger partial charge in [-0.25, -0.2) is 4.79 Å². The van der Waals surface area contributed by atoms with Gasteiger partial charge in [0.25, 0.3) is 0 Å². The Bertz CT molecular complexity index is 332. The lowest BCUT2D eigenvalue weighted by atomic mass is 9.96. The van der Waals surface area contributed by atoms with Crippen molar-refractivity contribution < 1.29 is 9.22 Å². The maximum atomic E-state index is 12.6. The van der Waals surface area contributed by atoms with Gasteiger partial charge in [0.05, 0.1) is 6.61 Å². The minimum absolute atomic E-state index is 0.125. The van der Waals surface area contributed by atoms with Gasteiger partial charge in [-0.3, -0.25) is 0 Å². The number of carbonyl (C=O) groups is 1. The lowest BCUT2D eigenvalue weighted by molar-refractivity contribution is 0.202. The molecule has 1 N–H and O–H groups in total. The van der Waals surface area contributed by atoms with E-state index in [2.05, 4.69) is 49.2 Å². The van der Waals surface area contributed by atoms with E-state index in [0.717, 1.165) is 19.4 Å². The molecule has 0 radical (unpaired) electrons. The summed E-state index contributed by atoms with van der Waals surface area (Å²) in [6.07, 6.45) is 6.08. The Balaban J connectivity index is 2.53. The maximum absolute atomic E-state index is 12.6. The second kappa shape index (κ2) is 7.78. The highest BCUT2D eigenvalue weighted by atomic mass is 28.4. The molecule has 21 heavy (non-hydrogen) atoms. The first kappa shape index (κ1) is 18.7. The van der Waals surface area contributed by atoms with Gasteiger partial charge in [-0.15, -0.1) is 0 Å². The summed E-state index contributed by atoms with van der Waals surface area (Å²) in [7, 11) is -3.18. The summed E-state index contributed by atoms with van der Waals surface area (Å²) in [6.45, 7) is 14.6. The van der Waals surface area contributed by atoms with Gasteiger partial charge in [-0.05, 0) is 32.5 Å². The van der Waals surface area contributed by atoms with Crippen molar-refractivity contribution in [2.45, 2.75) is 77.4 Å². The standard InChI is InChI=1S/C15H34N2O2Si2/c1-20(2,3)17(12-13-19-21(4,5)6)15(18)16-14-10-8-7-9-11-14/h14H,7-13H2,1-6H3,(H,16,18). The second-order valence-corrected chi connectivity index (χ2v) is 17.5. The zero-order chi connectivity index (χ0) is 16.1. The average molecular weight is 331 g/mol. The lowest BCUT2D eigenvalue weighted by Gasteiger charge is -2.36. The number of amides is 2. The molecule has 0 heterocycles. The Morgan fingerprint density at radius 1 is 1.10 bits per heavy atom. The first-order chi connectivity index (χ1) is 9.59. The molecular weight excluding hydrogens is 296 g/mol. The van der Waals surface area contributed by atoms with Crippen molar-refractivity contribution in [2.75, 3.05) is 13.2 Å². The van der Waals surface area contributed by atoms with Gasteiger partial charge >= 0.3 is 6.03 Å². The summed E-state index contributed by atoms with van der Waals surface area (Å²) in [4.78, 5) is 12.6. The summed E-state index contributed by atoms with van der Waals surface area (Å²) in [5, 5.41) is 3.25. The second-order valence-electron chi connectivity index (χ2n) is 8.07. The number of nitrogens with one attached hydrogen (secondary N) is 1. The molecule has 0 aromatic carbocycles. The zero-order valence-corrected chi connectivity index (χ0v) is 16.8. The SMILES string of the molecule is C[Si](C)(C)OCCN(C(=O)NC1CCCCC1)[Si](C)(C)C. The van der Waals surface area contributed by atoms with E-state index < -0.39 is 16.6 Å². The van der Waals surface area contributed by atoms with Gasteiger partial charge in [0.15, 0.2) is 16.6 Å². The number of nitrogens with zero attached hydrogens (tertiary/aromatic N) is 1. The van der Waals surface area contributed by atoms with Gasteiger partial charge in [0, 0.05) is 12.6 Å². The minimum atomic E-state index is -1.67. The van der Waals surface area contributed by atoms with Crippen LogP contribution in [0.15, 0.2) is 0 Å². The van der Waals surface area contributed by atoms with Gasteiger partial charge in [-0.2, -0.15) is 0 Å². The number of urea groups is 1. The molecule has 0 atom stereocenters. The molecule has 4 nitrogen and oxygen atoms in total. The molecule has 0 aromatic rings. The molecule has 1 aliphatic carbocycles. The Morgan fingerprint density at radius 2 is 1.67 bits per heavy atom. The van der Waals surface area contributed by atoms with E-state index >= 15 is 0 Å². The fraction of sp³-hybridized carbons (Fsp3) is 0.933. The highest BCUT2D eigenvalue weighted by Crippen LogP contribution is 2.18. The highest BCUT2D eigenvalue weighted by Gasteiger charge is 2.30. The largest absolute Gasteiger partial charge is 0.416 e. The van der Waals surface area contributed by atoms with Crippen molar-refractivity contribution in [3.05, 3.63) is 0 Å². The number of carbonyl (C=O) groups excluding carboxylic acids is 1. The van der Waals surface area contributed by atoms with Crippen molar-refractivity contribution in [3.63, 3.8) is 0 Å². The number of hydrogen-bond donors (Lipinski definition) is 1. The monoisotopic (exact) mass is 330 g/mol. The van der Waals surface area contributed by atoms with Crippen LogP contribution < -0.4 is 5.32 Å². The van der Waals surface area contributed by atoms with Crippen LogP contribution in [0.25, 0.3) is 0 Å². The third kappa shape index (κ3) is 7.47. The molecule has 0 bridgehead atoms. The van der Waals surface area contributed by atoms with Gasteiger partial charge < -0.3 is 14.3 Å². The van der Waals surface area contributed by atoms with Gasteiger partial charge in [0.2, 0.25) is 0 Å². The predicted octanol–water partition coefficient (Wildman–Crippen LogP) is 4.02. The molecule has 1 aliphatic rings. The minimum Gasteiger partial charge on any atom is -0.416 e. The van der Waals surface area contributed by atoms with Gasteiger partial charge in [-0.1, -0.05) is 38.9 Å². The summed E-state index contributed by atoms with van der Waals surface area (Å²) in [5.41, 5.74) is 0. The molecule has 6 heteroatoms. The Hall–Kier alpha value is -0.336. The third-order valence-corrected chi connectivity index (χ3v) is 6.95. The lowest BCUT2D eigenvalue weighted by Crippen LogP contribution is -2.57. The molecule has 0 unspecified atom stereocenters. The van der Waals surface area contributed by atoms with E-state index in [1.54, 1.807) is 0 Å². The van der Waals surface area contributed by atoms with Crippen LogP contribution in [0.2, 0.25) is 39.3 Å². The molecule has 124 valence electrons. The van der Waals surface area contributed by atoms with Crippen molar-refractivity contribution in [1.82, 2.24) is 9.88 Å². The first-order valence-electron chi connectivity index (χ1n) is 8.32. The van der Waals surface area contributed by atoms with Crippen LogP contribution in [0.5, 0.6) is 0 Å². The predicted molar refractivity (Wildman–Crippen MR) is 94.8 cm³/mol. The summed E-state index contributed by atoms with van der Waals surface area (Å²) in [5.74, 6) is 0. The van der Waals surface area contributed by atoms with Crippen molar-refractivity contribution in [1.29, 1.82) is 0 Å². The van der Waals surface area contributed by atoms with Crippen LogP contribution in [0.1, 0.15) is 32.1 Å². The smallest absolute Gasteiger partial charge is 0.309 e. The number of rotatable bonds is 6. The van der Waals surface area contributed by atoms with Gasteiger partial charge in [0.1, 0.15) is 0 Å². The fourth-order valence-corrected chi connectivity index (χ4v) is 4.82. The fourth-order valence-electron chi connectivity index (χ4n) is 2.68. The van der Waals surface area contributed by atoms with Crippen LogP contribution in [-0.2, 0) is 4.43 Å². The average Bonchev–Trinajstić information content (AvgIpc) is 2.33. The van der Waals surface area contributed by atoms with Crippen molar-refractivity contribution >= 4 is 22.6 Å². The van der Waals surface area contributed by atoms with E-state index in [4.69, 9.17) is 4.43 Å². The van der Waals surface area contributed by atoms with E-state index in [9.17, 15) is 4.79 Å². The van der Waals surface area contributed by atoms with Crippen molar-refractivity contribution in [3.8, 4) is 0 Å². The molecule has 1 saturated carbocycles.